The van der Waals surface area contributed by atoms with Crippen LogP contribution in [-0.2, 0) is 4.79 Å². The number of carboxylic acids is 1. The molecule has 0 bridgehead atoms. The number of hydrogen-bond donors (Lipinski definition) is 2. The van der Waals surface area contributed by atoms with E-state index in [1.54, 1.807) is 0 Å². The van der Waals surface area contributed by atoms with Gasteiger partial charge in [0, 0.05) is 31.4 Å². The second kappa shape index (κ2) is 8.29. The highest BCUT2D eigenvalue weighted by Gasteiger charge is 2.13. The van der Waals surface area contributed by atoms with Crippen molar-refractivity contribution in [1.29, 1.82) is 0 Å². The van der Waals surface area contributed by atoms with Crippen LogP contribution >= 0.6 is 23.2 Å². The molecule has 0 aliphatic carbocycles. The van der Waals surface area contributed by atoms with E-state index in [0.717, 1.165) is 0 Å². The van der Waals surface area contributed by atoms with Crippen molar-refractivity contribution in [3.63, 3.8) is 0 Å². The molecule has 0 saturated carbocycles. The summed E-state index contributed by atoms with van der Waals surface area (Å²) >= 11 is 11.1. The molecule has 1 atom stereocenters. The highest BCUT2D eigenvalue weighted by molar-refractivity contribution is 6.18. The summed E-state index contributed by atoms with van der Waals surface area (Å²) in [5, 5.41) is 17.8. The number of aliphatic hydroxyl groups excluding tert-OH is 1. The van der Waals surface area contributed by atoms with Crippen LogP contribution < -0.4 is 0 Å². The predicted molar refractivity (Wildman–Crippen MR) is 56.1 cm³/mol. The number of rotatable bonds is 8. The van der Waals surface area contributed by atoms with Crippen molar-refractivity contribution in [2.75, 3.05) is 31.4 Å². The Hall–Kier alpha value is -0.0300. The fraction of sp³-hybridized carbons (Fsp3) is 0.875. The maximum absolute atomic E-state index is 10.3. The minimum absolute atomic E-state index is 0.249. The molecule has 0 fully saturated rings. The summed E-state index contributed by atoms with van der Waals surface area (Å²) in [7, 11) is 0. The number of carboxylic acid groups (broad SMARTS) is 1. The van der Waals surface area contributed by atoms with Gasteiger partial charge >= 0.3 is 5.97 Å². The van der Waals surface area contributed by atoms with Gasteiger partial charge in [-0.2, -0.15) is 0 Å². The third-order valence-corrected chi connectivity index (χ3v) is 2.02. The standard InChI is InChI=1S/C8H15Cl2NO3/c9-1-3-11(4-2-10)6-7(12)5-8(13)14/h7,12H,1-6H2,(H,13,14). The summed E-state index contributed by atoms with van der Waals surface area (Å²) < 4.78 is 0. The Kier molecular flexibility index (Phi) is 8.27. The lowest BCUT2D eigenvalue weighted by atomic mass is 10.2. The fourth-order valence-corrected chi connectivity index (χ4v) is 1.58. The first-order chi connectivity index (χ1) is 6.60. The van der Waals surface area contributed by atoms with Gasteiger partial charge in [0.1, 0.15) is 0 Å². The Morgan fingerprint density at radius 3 is 2.14 bits per heavy atom. The van der Waals surface area contributed by atoms with Crippen LogP contribution in [0.1, 0.15) is 6.42 Å². The number of carbonyl (C=O) groups is 1. The zero-order chi connectivity index (χ0) is 11.0. The molecule has 0 spiro atoms. The van der Waals surface area contributed by atoms with Gasteiger partial charge in [0.2, 0.25) is 0 Å². The molecule has 6 heteroatoms. The van der Waals surface area contributed by atoms with Crippen LogP contribution in [0.4, 0.5) is 0 Å². The van der Waals surface area contributed by atoms with Crippen molar-refractivity contribution in [1.82, 2.24) is 4.90 Å². The minimum Gasteiger partial charge on any atom is -0.481 e. The Balaban J connectivity index is 3.81. The quantitative estimate of drug-likeness (QED) is 0.614. The molecular weight excluding hydrogens is 229 g/mol. The molecule has 0 rings (SSSR count). The largest absolute Gasteiger partial charge is 0.481 e. The van der Waals surface area contributed by atoms with Crippen LogP contribution in [0.5, 0.6) is 0 Å². The van der Waals surface area contributed by atoms with Gasteiger partial charge in [-0.1, -0.05) is 0 Å². The monoisotopic (exact) mass is 243 g/mol. The molecule has 0 aromatic rings. The Morgan fingerprint density at radius 2 is 1.79 bits per heavy atom. The van der Waals surface area contributed by atoms with Gasteiger partial charge in [-0.15, -0.1) is 23.2 Å². The smallest absolute Gasteiger partial charge is 0.306 e. The molecule has 2 N–H and O–H groups in total. The lowest BCUT2D eigenvalue weighted by Gasteiger charge is -2.22. The Morgan fingerprint density at radius 1 is 1.29 bits per heavy atom. The average molecular weight is 244 g/mol. The fourth-order valence-electron chi connectivity index (χ4n) is 1.10. The summed E-state index contributed by atoms with van der Waals surface area (Å²) in [5.74, 6) is -0.123. The highest BCUT2D eigenvalue weighted by atomic mass is 35.5. The van der Waals surface area contributed by atoms with Crippen LogP contribution in [0.15, 0.2) is 0 Å². The molecule has 0 radical (unpaired) electrons. The summed E-state index contributed by atoms with van der Waals surface area (Å²) in [4.78, 5) is 12.1. The van der Waals surface area contributed by atoms with E-state index < -0.39 is 12.1 Å². The van der Waals surface area contributed by atoms with Crippen LogP contribution in [0.25, 0.3) is 0 Å². The first-order valence-electron chi connectivity index (χ1n) is 4.34. The Labute approximate surface area is 93.4 Å². The van der Waals surface area contributed by atoms with E-state index in [1.807, 2.05) is 4.90 Å². The number of aliphatic carboxylic acids is 1. The molecule has 0 aliphatic heterocycles. The summed E-state index contributed by atoms with van der Waals surface area (Å²) in [6.07, 6.45) is -1.11. The molecule has 0 saturated heterocycles. The van der Waals surface area contributed by atoms with Crippen LogP contribution in [0.2, 0.25) is 0 Å². The maximum Gasteiger partial charge on any atom is 0.306 e. The highest BCUT2D eigenvalue weighted by Crippen LogP contribution is 1.98. The average Bonchev–Trinajstić information content (AvgIpc) is 2.03. The van der Waals surface area contributed by atoms with Gasteiger partial charge < -0.3 is 10.2 Å². The normalized spacial score (nSPS) is 13.1. The van der Waals surface area contributed by atoms with Crippen molar-refractivity contribution in [2.45, 2.75) is 12.5 Å². The third-order valence-electron chi connectivity index (χ3n) is 1.68. The van der Waals surface area contributed by atoms with Gasteiger partial charge in [0.15, 0.2) is 0 Å². The molecule has 0 heterocycles. The first kappa shape index (κ1) is 14.0. The van der Waals surface area contributed by atoms with Crippen LogP contribution in [0, 0.1) is 0 Å². The molecule has 84 valence electrons. The number of halogens is 2. The minimum atomic E-state index is -1.01. The van der Waals surface area contributed by atoms with Gasteiger partial charge in [-0.3, -0.25) is 9.69 Å². The van der Waals surface area contributed by atoms with Crippen molar-refractivity contribution in [2.24, 2.45) is 0 Å². The van der Waals surface area contributed by atoms with Gasteiger partial charge in [0.05, 0.1) is 12.5 Å². The molecule has 14 heavy (non-hydrogen) atoms. The zero-order valence-corrected chi connectivity index (χ0v) is 9.34. The van der Waals surface area contributed by atoms with E-state index in [1.165, 1.54) is 0 Å². The van der Waals surface area contributed by atoms with Gasteiger partial charge in [-0.25, -0.2) is 0 Å². The number of hydrogen-bond acceptors (Lipinski definition) is 3. The second-order valence-corrected chi connectivity index (χ2v) is 3.69. The molecule has 0 amide bonds. The SMILES string of the molecule is O=C(O)CC(O)CN(CCCl)CCCl. The second-order valence-electron chi connectivity index (χ2n) is 2.93. The van der Waals surface area contributed by atoms with Crippen molar-refractivity contribution >= 4 is 29.2 Å². The van der Waals surface area contributed by atoms with Crippen molar-refractivity contribution in [3.8, 4) is 0 Å². The molecule has 0 aromatic carbocycles. The van der Waals surface area contributed by atoms with E-state index in [4.69, 9.17) is 28.3 Å². The number of aliphatic hydroxyl groups is 1. The molecule has 0 aromatic heterocycles. The zero-order valence-electron chi connectivity index (χ0n) is 7.83. The van der Waals surface area contributed by atoms with Gasteiger partial charge in [0.25, 0.3) is 0 Å². The summed E-state index contributed by atoms with van der Waals surface area (Å²) in [6, 6.07) is 0. The number of nitrogens with zero attached hydrogens (tertiary/aromatic N) is 1. The van der Waals surface area contributed by atoms with Crippen LogP contribution in [0.3, 0.4) is 0 Å². The van der Waals surface area contributed by atoms with Crippen molar-refractivity contribution in [3.05, 3.63) is 0 Å². The lowest BCUT2D eigenvalue weighted by molar-refractivity contribution is -0.139. The predicted octanol–water partition coefficient (Wildman–Crippen LogP) is 0.602. The first-order valence-corrected chi connectivity index (χ1v) is 5.41. The molecule has 0 aliphatic rings. The van der Waals surface area contributed by atoms with Crippen LogP contribution in [-0.4, -0.2) is 58.6 Å². The van der Waals surface area contributed by atoms with E-state index in [2.05, 4.69) is 0 Å². The third kappa shape index (κ3) is 7.38. The van der Waals surface area contributed by atoms with E-state index in [9.17, 15) is 9.90 Å². The van der Waals surface area contributed by atoms with Gasteiger partial charge in [-0.05, 0) is 0 Å². The molecule has 4 nitrogen and oxygen atoms in total. The molecular formula is C8H15Cl2NO3. The van der Waals surface area contributed by atoms with Crippen molar-refractivity contribution < 1.29 is 15.0 Å². The van der Waals surface area contributed by atoms with E-state index >= 15 is 0 Å². The summed E-state index contributed by atoms with van der Waals surface area (Å²) in [5.41, 5.74) is 0. The summed E-state index contributed by atoms with van der Waals surface area (Å²) in [6.45, 7) is 1.50. The molecule has 1 unspecified atom stereocenters. The van der Waals surface area contributed by atoms with E-state index in [-0.39, 0.29) is 6.42 Å². The maximum atomic E-state index is 10.3. The topological polar surface area (TPSA) is 60.8 Å². The number of alkyl halides is 2. The Bertz CT molecular complexity index is 163. The van der Waals surface area contributed by atoms with E-state index in [0.29, 0.717) is 31.4 Å². The lowest BCUT2D eigenvalue weighted by Crippen LogP contribution is -2.36.